The predicted octanol–water partition coefficient (Wildman–Crippen LogP) is 6.81. The quantitative estimate of drug-likeness (QED) is 0.242. The second-order valence-corrected chi connectivity index (χ2v) is 11.1. The van der Waals surface area contributed by atoms with Gasteiger partial charge in [0.15, 0.2) is 0 Å². The van der Waals surface area contributed by atoms with Crippen LogP contribution in [-0.4, -0.2) is 37.2 Å². The van der Waals surface area contributed by atoms with E-state index in [4.69, 9.17) is 0 Å². The molecule has 0 unspecified atom stereocenters. The molecule has 2 aromatic carbocycles. The Hall–Kier alpha value is -1.92. The number of anilines is 1. The first-order valence-electron chi connectivity index (χ1n) is 12.2. The lowest BCUT2D eigenvalue weighted by molar-refractivity contribution is -0.923. The highest BCUT2D eigenvalue weighted by Gasteiger charge is 2.37. The number of aromatic nitrogens is 1. The molecule has 0 atom stereocenters. The highest BCUT2D eigenvalue weighted by atomic mass is 32.2. The third-order valence-electron chi connectivity index (χ3n) is 7.14. The van der Waals surface area contributed by atoms with Crippen molar-refractivity contribution in [3.63, 3.8) is 0 Å². The minimum absolute atomic E-state index is 1.07. The molecule has 1 aliphatic rings. The molecule has 5 heteroatoms. The van der Waals surface area contributed by atoms with Gasteiger partial charge in [-0.2, -0.15) is 4.57 Å². The number of thioether (sulfide) groups is 1. The Morgan fingerprint density at radius 2 is 1.67 bits per heavy atom. The van der Waals surface area contributed by atoms with Gasteiger partial charge >= 0.3 is 0 Å². The summed E-state index contributed by atoms with van der Waals surface area (Å²) in [6.45, 7) is 15.2. The van der Waals surface area contributed by atoms with E-state index >= 15 is 0 Å². The van der Waals surface area contributed by atoms with E-state index in [0.717, 1.165) is 6.54 Å². The minimum atomic E-state index is 1.07. The molecular formula is C28H37N3S2+3. The normalized spacial score (nSPS) is 16.2. The Labute approximate surface area is 207 Å². The number of hydrogen-bond acceptors (Lipinski definition) is 3. The van der Waals surface area contributed by atoms with Crippen LogP contribution in [0.25, 0.3) is 16.3 Å². The lowest BCUT2D eigenvalue weighted by Crippen LogP contribution is -2.48. The molecule has 3 aromatic rings. The van der Waals surface area contributed by atoms with Crippen molar-refractivity contribution in [2.24, 2.45) is 7.05 Å². The number of quaternary nitrogens is 1. The molecule has 0 saturated carbocycles. The standard InChI is InChI=1S/C28H37N3S2/c1-6-31(7-2,8-3)19-13-18-30-24-15-10-12-17-26(24)33-28(30)21-22(4)20-27-29(5)23-14-9-11-16-25(23)32-27/h9-12,14-17,20-21H,6-8,13,18-19H2,1-5H3/q+3. The maximum absolute atomic E-state index is 2.54. The van der Waals surface area contributed by atoms with Crippen molar-refractivity contribution in [2.75, 3.05) is 32.7 Å². The number of rotatable bonds is 9. The maximum Gasteiger partial charge on any atom is 0.262 e. The summed E-state index contributed by atoms with van der Waals surface area (Å²) in [7, 11) is 2.16. The van der Waals surface area contributed by atoms with Crippen LogP contribution in [0.15, 0.2) is 70.1 Å². The predicted molar refractivity (Wildman–Crippen MR) is 145 cm³/mol. The zero-order chi connectivity index (χ0) is 23.4. The van der Waals surface area contributed by atoms with E-state index in [1.54, 1.807) is 0 Å². The van der Waals surface area contributed by atoms with E-state index in [9.17, 15) is 0 Å². The molecule has 1 aliphatic heterocycles. The Morgan fingerprint density at radius 1 is 0.970 bits per heavy atom. The first-order chi connectivity index (χ1) is 16.0. The smallest absolute Gasteiger partial charge is 0.262 e. The van der Waals surface area contributed by atoms with Gasteiger partial charge < -0.3 is 4.48 Å². The van der Waals surface area contributed by atoms with Crippen LogP contribution >= 0.6 is 23.1 Å². The molecular weight excluding hydrogens is 442 g/mol. The van der Waals surface area contributed by atoms with Crippen molar-refractivity contribution in [2.45, 2.75) is 39.0 Å². The molecule has 3 nitrogen and oxygen atoms in total. The Morgan fingerprint density at radius 3 is 2.39 bits per heavy atom. The third kappa shape index (κ3) is 5.12. The molecule has 1 aromatic heterocycles. The number of aryl methyl sites for hydroxylation is 1. The van der Waals surface area contributed by atoms with Crippen molar-refractivity contribution < 1.29 is 9.05 Å². The van der Waals surface area contributed by atoms with Crippen LogP contribution in [0.2, 0.25) is 0 Å². The molecule has 0 bridgehead atoms. The summed E-state index contributed by atoms with van der Waals surface area (Å²) in [5.41, 5.74) is 3.94. The van der Waals surface area contributed by atoms with Crippen LogP contribution < -0.4 is 9.47 Å². The number of allylic oxidation sites excluding steroid dienone is 2. The van der Waals surface area contributed by atoms with Gasteiger partial charge in [-0.1, -0.05) is 40.5 Å². The Balaban J connectivity index is 1.58. The summed E-state index contributed by atoms with van der Waals surface area (Å²) in [5, 5.41) is 2.63. The summed E-state index contributed by atoms with van der Waals surface area (Å²) >= 11 is 3.76. The largest absolute Gasteiger partial charge is 0.324 e. The lowest BCUT2D eigenvalue weighted by atomic mass is 10.2. The van der Waals surface area contributed by atoms with Gasteiger partial charge in [-0.15, -0.1) is 0 Å². The molecule has 0 saturated heterocycles. The van der Waals surface area contributed by atoms with Gasteiger partial charge in [-0.05, 0) is 57.2 Å². The van der Waals surface area contributed by atoms with Crippen LogP contribution in [0.1, 0.15) is 39.1 Å². The highest BCUT2D eigenvalue weighted by Crippen LogP contribution is 2.45. The Kier molecular flexibility index (Phi) is 7.75. The molecule has 0 aliphatic carbocycles. The average Bonchev–Trinajstić information content (AvgIpc) is 3.34. The number of benzene rings is 2. The van der Waals surface area contributed by atoms with Crippen LogP contribution in [-0.2, 0) is 7.05 Å². The van der Waals surface area contributed by atoms with Crippen LogP contribution in [0.3, 0.4) is 0 Å². The van der Waals surface area contributed by atoms with Gasteiger partial charge in [-0.3, -0.25) is 0 Å². The van der Waals surface area contributed by atoms with E-state index in [0.29, 0.717) is 0 Å². The van der Waals surface area contributed by atoms with E-state index in [2.05, 4.69) is 105 Å². The first-order valence-corrected chi connectivity index (χ1v) is 13.8. The number of fused-ring (bicyclic) bond motifs is 2. The van der Waals surface area contributed by atoms with E-state index in [-0.39, 0.29) is 0 Å². The SMILES string of the molecule is CC[N+](CC)(CC)CCC[N+]1C(=CC(C)=Cc2sc3ccccc3[n+]2C)Sc2ccccc21. The van der Waals surface area contributed by atoms with Crippen molar-refractivity contribution in [3.8, 4) is 0 Å². The Bertz CT molecular complexity index is 1160. The topological polar surface area (TPSA) is 9.78 Å². The molecule has 2 heterocycles. The molecule has 4 rings (SSSR count). The monoisotopic (exact) mass is 479 g/mol. The fourth-order valence-corrected chi connectivity index (χ4v) is 7.14. The van der Waals surface area contributed by atoms with Gasteiger partial charge in [-0.25, -0.2) is 0 Å². The molecule has 0 fully saturated rings. The lowest BCUT2D eigenvalue weighted by Gasteiger charge is -2.35. The second kappa shape index (κ2) is 10.6. The van der Waals surface area contributed by atoms with Crippen LogP contribution in [0.4, 0.5) is 5.69 Å². The summed E-state index contributed by atoms with van der Waals surface area (Å²) in [6, 6.07) is 17.5. The summed E-state index contributed by atoms with van der Waals surface area (Å²) in [6.07, 6.45) is 5.90. The molecule has 173 valence electrons. The van der Waals surface area contributed by atoms with Crippen molar-refractivity contribution in [1.82, 2.24) is 4.90 Å². The van der Waals surface area contributed by atoms with Crippen molar-refractivity contribution >= 4 is 45.1 Å². The van der Waals surface area contributed by atoms with Crippen LogP contribution in [0, 0.1) is 0 Å². The summed E-state index contributed by atoms with van der Waals surface area (Å²) in [5.74, 6) is 0. The molecule has 0 amide bonds. The fraction of sp³-hybridized carbons (Fsp3) is 0.393. The summed E-state index contributed by atoms with van der Waals surface area (Å²) < 4.78 is 4.84. The third-order valence-corrected chi connectivity index (χ3v) is 9.42. The van der Waals surface area contributed by atoms with Crippen molar-refractivity contribution in [1.29, 1.82) is 0 Å². The zero-order valence-corrected chi connectivity index (χ0v) is 22.3. The number of thiazole rings is 1. The van der Waals surface area contributed by atoms with Gasteiger partial charge in [0.05, 0.1) is 37.5 Å². The van der Waals surface area contributed by atoms with Gasteiger partial charge in [0, 0.05) is 24.3 Å². The van der Waals surface area contributed by atoms with Gasteiger partial charge in [0.2, 0.25) is 16.2 Å². The zero-order valence-electron chi connectivity index (χ0n) is 20.7. The minimum Gasteiger partial charge on any atom is -0.324 e. The average molecular weight is 480 g/mol. The van der Waals surface area contributed by atoms with E-state index < -0.39 is 0 Å². The summed E-state index contributed by atoms with van der Waals surface area (Å²) in [4.78, 5) is 3.91. The molecule has 0 N–H and O–H groups in total. The van der Waals surface area contributed by atoms with Gasteiger partial charge in [0.1, 0.15) is 18.3 Å². The fourth-order valence-electron chi connectivity index (χ4n) is 4.78. The maximum atomic E-state index is 2.54. The first kappa shape index (κ1) is 24.2. The molecule has 0 spiro atoms. The molecule has 33 heavy (non-hydrogen) atoms. The number of hydrogen-bond donors (Lipinski definition) is 0. The van der Waals surface area contributed by atoms with Gasteiger partial charge in [0.25, 0.3) is 5.01 Å². The highest BCUT2D eigenvalue weighted by molar-refractivity contribution is 8.03. The van der Waals surface area contributed by atoms with Crippen LogP contribution in [0.5, 0.6) is 0 Å². The second-order valence-electron chi connectivity index (χ2n) is 8.93. The van der Waals surface area contributed by atoms with Crippen molar-refractivity contribution in [3.05, 3.63) is 70.2 Å². The molecule has 1 radical (unpaired) electrons. The van der Waals surface area contributed by atoms with E-state index in [1.165, 1.54) is 73.5 Å². The number of para-hydroxylation sites is 2. The number of nitrogens with zero attached hydrogens (tertiary/aromatic N) is 3. The van der Waals surface area contributed by atoms with E-state index in [1.807, 2.05) is 23.1 Å².